The van der Waals surface area contributed by atoms with Crippen LogP contribution in [0.15, 0.2) is 36.4 Å². The summed E-state index contributed by atoms with van der Waals surface area (Å²) in [7, 11) is 0. The van der Waals surface area contributed by atoms with Crippen LogP contribution in [0.25, 0.3) is 0 Å². The fourth-order valence-corrected chi connectivity index (χ4v) is 4.44. The van der Waals surface area contributed by atoms with Crippen molar-refractivity contribution in [1.29, 1.82) is 0 Å². The summed E-state index contributed by atoms with van der Waals surface area (Å²) < 4.78 is 87.3. The van der Waals surface area contributed by atoms with Crippen LogP contribution in [0, 0.1) is 5.82 Å². The number of imide groups is 1. The Hall–Kier alpha value is -3.30. The summed E-state index contributed by atoms with van der Waals surface area (Å²) in [5.41, 5.74) is -1.47. The minimum absolute atomic E-state index is 0.0401. The number of nitrogens with zero attached hydrogens (tertiary/aromatic N) is 2. The number of piperidine rings is 1. The maximum absolute atomic E-state index is 15.1. The highest BCUT2D eigenvalue weighted by Crippen LogP contribution is 2.34. The lowest BCUT2D eigenvalue weighted by Crippen LogP contribution is -2.52. The Balaban J connectivity index is 1.50. The van der Waals surface area contributed by atoms with Gasteiger partial charge in [-0.05, 0) is 50.1 Å². The number of carbonyl (C=O) groups is 3. The van der Waals surface area contributed by atoms with Crippen molar-refractivity contribution in [2.45, 2.75) is 64.5 Å². The van der Waals surface area contributed by atoms with Crippen molar-refractivity contribution in [3.05, 3.63) is 64.5 Å². The third-order valence-electron chi connectivity index (χ3n) is 6.00. The molecule has 0 saturated carbocycles. The van der Waals surface area contributed by atoms with Crippen molar-refractivity contribution in [2.24, 2.45) is 0 Å². The van der Waals surface area contributed by atoms with E-state index in [2.05, 4.69) is 0 Å². The maximum atomic E-state index is 15.1. The molecule has 1 N–H and O–H groups in total. The van der Waals surface area contributed by atoms with Crippen LogP contribution < -0.4 is 10.1 Å². The largest absolute Gasteiger partial charge is 0.488 e. The van der Waals surface area contributed by atoms with Gasteiger partial charge in [0, 0.05) is 45.4 Å². The van der Waals surface area contributed by atoms with Crippen molar-refractivity contribution in [3.8, 4) is 5.75 Å². The molecule has 3 amide bonds. The first kappa shape index (κ1) is 17.2. The number of fused-ring (bicyclic) bond motifs is 1. The van der Waals surface area contributed by atoms with E-state index in [1.165, 1.54) is 29.2 Å². The number of amides is 3. The SMILES string of the molecule is [2H]C([2H])(Oc1cccc2c1C([2H])([2H])N(C1([2H])CCC(=O)NC1=O)C2=O)c1cc(C([2H])([2H])N2CC(C)OC(C)C2)ccc1F. The van der Waals surface area contributed by atoms with Gasteiger partial charge in [-0.2, -0.15) is 0 Å². The second kappa shape index (κ2) is 9.99. The minimum Gasteiger partial charge on any atom is -0.488 e. The lowest BCUT2D eigenvalue weighted by Gasteiger charge is -2.35. The van der Waals surface area contributed by atoms with E-state index in [-0.39, 0.29) is 42.8 Å². The molecule has 9 heteroatoms. The highest BCUT2D eigenvalue weighted by Gasteiger charge is 2.40. The molecule has 5 rings (SSSR count). The third-order valence-corrected chi connectivity index (χ3v) is 6.00. The Labute approximate surface area is 219 Å². The molecule has 0 aromatic heterocycles. The van der Waals surface area contributed by atoms with E-state index in [1.54, 1.807) is 13.8 Å². The molecule has 0 spiro atoms. The maximum Gasteiger partial charge on any atom is 0.255 e. The molecular formula is C27H30FN3O5. The number of hydrogen-bond acceptors (Lipinski definition) is 6. The van der Waals surface area contributed by atoms with E-state index < -0.39 is 72.4 Å². The smallest absolute Gasteiger partial charge is 0.255 e. The summed E-state index contributed by atoms with van der Waals surface area (Å²) in [5, 5.41) is 1.96. The summed E-state index contributed by atoms with van der Waals surface area (Å²) in [6.07, 6.45) is -1.31. The van der Waals surface area contributed by atoms with Crippen LogP contribution >= 0.6 is 0 Å². The van der Waals surface area contributed by atoms with Gasteiger partial charge in [0.05, 0.1) is 25.6 Å². The fraction of sp³-hybridized carbons (Fsp3) is 0.444. The number of rotatable bonds is 6. The molecule has 190 valence electrons. The van der Waals surface area contributed by atoms with Crippen LogP contribution in [0.2, 0.25) is 0 Å². The van der Waals surface area contributed by atoms with Gasteiger partial charge in [0.25, 0.3) is 5.91 Å². The van der Waals surface area contributed by atoms with Gasteiger partial charge in [-0.1, -0.05) is 12.1 Å². The zero-order valence-corrected chi connectivity index (χ0v) is 19.8. The van der Waals surface area contributed by atoms with Gasteiger partial charge >= 0.3 is 0 Å². The van der Waals surface area contributed by atoms with Crippen molar-refractivity contribution in [3.63, 3.8) is 0 Å². The summed E-state index contributed by atoms with van der Waals surface area (Å²) in [6.45, 7) is -3.90. The van der Waals surface area contributed by atoms with Gasteiger partial charge in [0.15, 0.2) is 0 Å². The van der Waals surface area contributed by atoms with Gasteiger partial charge in [0.1, 0.15) is 24.1 Å². The molecule has 36 heavy (non-hydrogen) atoms. The molecule has 0 bridgehead atoms. The van der Waals surface area contributed by atoms with E-state index in [4.69, 9.17) is 19.1 Å². The van der Waals surface area contributed by atoms with Crippen molar-refractivity contribution >= 4 is 17.7 Å². The van der Waals surface area contributed by atoms with Gasteiger partial charge in [-0.3, -0.25) is 24.6 Å². The van der Waals surface area contributed by atoms with Crippen LogP contribution in [0.3, 0.4) is 0 Å². The van der Waals surface area contributed by atoms with E-state index in [1.807, 2.05) is 5.32 Å². The van der Waals surface area contributed by atoms with Crippen LogP contribution in [-0.4, -0.2) is 58.8 Å². The number of hydrogen-bond donors (Lipinski definition) is 1. The average Bonchev–Trinajstić information content (AvgIpc) is 3.11. The first-order valence-electron chi connectivity index (χ1n) is 15.1. The first-order chi connectivity index (χ1) is 19.9. The molecule has 2 saturated heterocycles. The summed E-state index contributed by atoms with van der Waals surface area (Å²) in [6, 6.07) is 4.35. The zero-order chi connectivity index (χ0) is 31.7. The highest BCUT2D eigenvalue weighted by atomic mass is 19.1. The van der Waals surface area contributed by atoms with Crippen molar-refractivity contribution in [2.75, 3.05) is 13.1 Å². The minimum atomic E-state index is -2.99. The van der Waals surface area contributed by atoms with Crippen LogP contribution in [0.1, 0.15) is 63.3 Å². The first-order valence-corrected chi connectivity index (χ1v) is 11.6. The Bertz CT molecular complexity index is 1500. The fourth-order valence-electron chi connectivity index (χ4n) is 4.44. The summed E-state index contributed by atoms with van der Waals surface area (Å²) in [5.74, 6) is -4.41. The Morgan fingerprint density at radius 2 is 2.00 bits per heavy atom. The zero-order valence-electron chi connectivity index (χ0n) is 26.8. The second-order valence-electron chi connectivity index (χ2n) is 8.93. The molecule has 2 aromatic carbocycles. The van der Waals surface area contributed by atoms with E-state index in [0.717, 1.165) is 12.1 Å². The highest BCUT2D eigenvalue weighted by molar-refractivity contribution is 6.05. The molecule has 0 aliphatic carbocycles. The van der Waals surface area contributed by atoms with Gasteiger partial charge in [0.2, 0.25) is 11.8 Å². The number of carbonyl (C=O) groups excluding carboxylic acids is 3. The van der Waals surface area contributed by atoms with Crippen LogP contribution in [0.5, 0.6) is 5.75 Å². The summed E-state index contributed by atoms with van der Waals surface area (Å²) in [4.78, 5) is 39.6. The van der Waals surface area contributed by atoms with Crippen molar-refractivity contribution in [1.82, 2.24) is 15.1 Å². The molecule has 2 aromatic rings. The molecule has 0 radical (unpaired) electrons. The predicted octanol–water partition coefficient (Wildman–Crippen LogP) is 2.77. The summed E-state index contributed by atoms with van der Waals surface area (Å²) >= 11 is 0. The van der Waals surface area contributed by atoms with Gasteiger partial charge in [-0.15, -0.1) is 0 Å². The topological polar surface area (TPSA) is 88.2 Å². The quantitative estimate of drug-likeness (QED) is 0.612. The molecule has 3 aliphatic heterocycles. The number of halogens is 1. The number of morpholine rings is 1. The monoisotopic (exact) mass is 502 g/mol. The van der Waals surface area contributed by atoms with E-state index in [0.29, 0.717) is 4.90 Å². The second-order valence-corrected chi connectivity index (χ2v) is 8.93. The number of ether oxygens (including phenoxy) is 2. The third kappa shape index (κ3) is 4.99. The lowest BCUT2D eigenvalue weighted by atomic mass is 10.0. The molecule has 8 nitrogen and oxygen atoms in total. The van der Waals surface area contributed by atoms with Crippen molar-refractivity contribution < 1.29 is 37.8 Å². The van der Waals surface area contributed by atoms with Gasteiger partial charge in [-0.25, -0.2) is 4.39 Å². The number of nitrogens with one attached hydrogen (secondary N) is 1. The molecular weight excluding hydrogens is 465 g/mol. The molecule has 2 fully saturated rings. The number of benzene rings is 2. The molecule has 3 heterocycles. The molecule has 3 unspecified atom stereocenters. The van der Waals surface area contributed by atoms with E-state index >= 15 is 4.39 Å². The average molecular weight is 503 g/mol. The Kier molecular flexibility index (Phi) is 4.77. The predicted molar refractivity (Wildman–Crippen MR) is 129 cm³/mol. The normalized spacial score (nSPS) is 31.7. The lowest BCUT2D eigenvalue weighted by molar-refractivity contribution is -0.136. The van der Waals surface area contributed by atoms with Gasteiger partial charge < -0.3 is 14.4 Å². The Morgan fingerprint density at radius 3 is 2.75 bits per heavy atom. The van der Waals surface area contributed by atoms with E-state index in [9.17, 15) is 14.4 Å². The molecule has 3 atom stereocenters. The Morgan fingerprint density at radius 1 is 1.22 bits per heavy atom. The standard InChI is InChI=1S/C27H30FN3O5/c1-16-11-30(12-17(2)36-16)13-18-6-7-22(28)19(10-18)15-35-24-5-3-4-20-21(24)14-31(27(20)34)23-8-9-25(32)29-26(23)33/h3-7,10,16-17,23H,8-9,11-15H2,1-2H3,(H,29,32,33)/i13D2,14D2,15D2,23D. The molecule has 3 aliphatic rings. The van der Waals surface area contributed by atoms with Crippen LogP contribution in [0.4, 0.5) is 4.39 Å². The van der Waals surface area contributed by atoms with Crippen LogP contribution in [-0.2, 0) is 33.9 Å².